The van der Waals surface area contributed by atoms with Crippen LogP contribution < -0.4 is 10.1 Å². The highest BCUT2D eigenvalue weighted by atomic mass is 16.5. The number of para-hydroxylation sites is 1. The largest absolute Gasteiger partial charge is 0.481 e. The lowest BCUT2D eigenvalue weighted by Crippen LogP contribution is -2.03. The zero-order valence-electron chi connectivity index (χ0n) is 11.9. The highest BCUT2D eigenvalue weighted by Crippen LogP contribution is 2.19. The summed E-state index contributed by atoms with van der Waals surface area (Å²) in [7, 11) is 0. The van der Waals surface area contributed by atoms with Crippen molar-refractivity contribution in [1.82, 2.24) is 0 Å². The van der Waals surface area contributed by atoms with Gasteiger partial charge in [0, 0.05) is 24.4 Å². The Balaban J connectivity index is 1.98. The zero-order chi connectivity index (χ0) is 14.9. The lowest BCUT2D eigenvalue weighted by Gasteiger charge is -2.11. The van der Waals surface area contributed by atoms with Gasteiger partial charge in [0.05, 0.1) is 0 Å². The van der Waals surface area contributed by atoms with Gasteiger partial charge in [0.15, 0.2) is 0 Å². The monoisotopic (exact) mass is 281 g/mol. The molecule has 0 bridgehead atoms. The maximum absolute atomic E-state index is 8.90. The third kappa shape index (κ3) is 4.55. The molecule has 0 fully saturated rings. The van der Waals surface area contributed by atoms with E-state index >= 15 is 0 Å². The van der Waals surface area contributed by atoms with Gasteiger partial charge in [-0.3, -0.25) is 0 Å². The van der Waals surface area contributed by atoms with Crippen molar-refractivity contribution >= 4 is 5.69 Å². The molecule has 2 aromatic carbocycles. The van der Waals surface area contributed by atoms with Crippen LogP contribution in [-0.4, -0.2) is 18.3 Å². The lowest BCUT2D eigenvalue weighted by molar-refractivity contribution is 0.299. The first-order valence-electron chi connectivity index (χ1n) is 6.91. The molecule has 0 radical (unpaired) electrons. The summed E-state index contributed by atoms with van der Waals surface area (Å²) in [5, 5.41) is 12.3. The number of nitrogens with one attached hydrogen (secondary N) is 1. The summed E-state index contributed by atoms with van der Waals surface area (Å²) in [5.74, 6) is 3.28. The molecule has 0 saturated heterocycles. The summed E-state index contributed by atoms with van der Waals surface area (Å²) in [4.78, 5) is 0. The van der Waals surface area contributed by atoms with E-state index < -0.39 is 0 Å². The molecule has 0 saturated carbocycles. The molecular formula is C18H19NO2. The van der Waals surface area contributed by atoms with Crippen molar-refractivity contribution < 1.29 is 9.84 Å². The van der Waals surface area contributed by atoms with E-state index in [1.54, 1.807) is 0 Å². The molecule has 0 aliphatic rings. The van der Waals surface area contributed by atoms with Crippen molar-refractivity contribution in [3.8, 4) is 18.1 Å². The van der Waals surface area contributed by atoms with E-state index in [2.05, 4.69) is 11.2 Å². The summed E-state index contributed by atoms with van der Waals surface area (Å²) < 4.78 is 5.52. The number of terminal acetylenes is 1. The van der Waals surface area contributed by atoms with E-state index in [0.29, 0.717) is 13.0 Å². The van der Waals surface area contributed by atoms with Crippen molar-refractivity contribution in [2.24, 2.45) is 0 Å². The van der Waals surface area contributed by atoms with Crippen LogP contribution in [0.15, 0.2) is 48.5 Å². The van der Waals surface area contributed by atoms with Crippen molar-refractivity contribution in [2.75, 3.05) is 18.5 Å². The Bertz CT molecular complexity index is 599. The van der Waals surface area contributed by atoms with E-state index in [1.807, 2.05) is 48.5 Å². The Morgan fingerprint density at radius 2 is 1.86 bits per heavy atom. The summed E-state index contributed by atoms with van der Waals surface area (Å²) in [6, 6.07) is 15.9. The third-order valence-electron chi connectivity index (χ3n) is 3.12. The van der Waals surface area contributed by atoms with Gasteiger partial charge in [0.1, 0.15) is 12.4 Å². The molecule has 3 heteroatoms. The highest BCUT2D eigenvalue weighted by molar-refractivity contribution is 5.46. The quantitative estimate of drug-likeness (QED) is 0.767. The van der Waals surface area contributed by atoms with Gasteiger partial charge in [0.25, 0.3) is 0 Å². The summed E-state index contributed by atoms with van der Waals surface area (Å²) >= 11 is 0. The van der Waals surface area contributed by atoms with E-state index in [1.165, 1.54) is 0 Å². The molecule has 3 nitrogen and oxygen atoms in total. The van der Waals surface area contributed by atoms with Crippen LogP contribution in [0.3, 0.4) is 0 Å². The molecule has 2 aromatic rings. The fourth-order valence-electron chi connectivity index (χ4n) is 2.03. The molecule has 0 amide bonds. The fourth-order valence-corrected chi connectivity index (χ4v) is 2.03. The topological polar surface area (TPSA) is 41.5 Å². The van der Waals surface area contributed by atoms with Gasteiger partial charge in [-0.15, -0.1) is 6.42 Å². The van der Waals surface area contributed by atoms with Crippen LogP contribution in [0.4, 0.5) is 5.69 Å². The Kier molecular flexibility index (Phi) is 5.69. The fraction of sp³-hybridized carbons (Fsp3) is 0.222. The molecule has 0 heterocycles. The van der Waals surface area contributed by atoms with Crippen molar-refractivity contribution in [2.45, 2.75) is 13.0 Å². The Morgan fingerprint density at radius 3 is 2.57 bits per heavy atom. The molecule has 0 aliphatic carbocycles. The highest BCUT2D eigenvalue weighted by Gasteiger charge is 2.02. The Hall–Kier alpha value is -2.44. The zero-order valence-corrected chi connectivity index (χ0v) is 11.9. The number of anilines is 1. The van der Waals surface area contributed by atoms with Gasteiger partial charge in [-0.05, 0) is 30.2 Å². The Morgan fingerprint density at radius 1 is 1.10 bits per heavy atom. The maximum Gasteiger partial charge on any atom is 0.148 e. The molecule has 21 heavy (non-hydrogen) atoms. The van der Waals surface area contributed by atoms with Crippen LogP contribution in [0.1, 0.15) is 11.1 Å². The van der Waals surface area contributed by atoms with Crippen LogP contribution in [-0.2, 0) is 13.0 Å². The smallest absolute Gasteiger partial charge is 0.148 e. The van der Waals surface area contributed by atoms with Crippen LogP contribution in [0.2, 0.25) is 0 Å². The number of hydrogen-bond acceptors (Lipinski definition) is 3. The van der Waals surface area contributed by atoms with E-state index in [9.17, 15) is 0 Å². The molecular weight excluding hydrogens is 262 g/mol. The maximum atomic E-state index is 8.90. The van der Waals surface area contributed by atoms with Gasteiger partial charge >= 0.3 is 0 Å². The lowest BCUT2D eigenvalue weighted by atomic mass is 10.1. The van der Waals surface area contributed by atoms with E-state index in [4.69, 9.17) is 16.3 Å². The van der Waals surface area contributed by atoms with Crippen LogP contribution in [0.25, 0.3) is 0 Å². The van der Waals surface area contributed by atoms with Gasteiger partial charge in [-0.2, -0.15) is 0 Å². The Labute approximate surface area is 125 Å². The average Bonchev–Trinajstić information content (AvgIpc) is 2.53. The minimum absolute atomic E-state index is 0.173. The summed E-state index contributed by atoms with van der Waals surface area (Å²) in [5.41, 5.74) is 3.22. The molecule has 0 spiro atoms. The summed E-state index contributed by atoms with van der Waals surface area (Å²) in [6.07, 6.45) is 5.91. The number of hydrogen-bond donors (Lipinski definition) is 2. The van der Waals surface area contributed by atoms with Gasteiger partial charge < -0.3 is 15.2 Å². The molecule has 0 aliphatic heterocycles. The minimum Gasteiger partial charge on any atom is -0.481 e. The second-order valence-electron chi connectivity index (χ2n) is 4.62. The molecule has 2 rings (SSSR count). The minimum atomic E-state index is 0.173. The van der Waals surface area contributed by atoms with E-state index in [0.717, 1.165) is 22.6 Å². The number of ether oxygens (including phenoxy) is 1. The number of rotatable bonds is 7. The van der Waals surface area contributed by atoms with Crippen LogP contribution in [0.5, 0.6) is 5.75 Å². The first kappa shape index (κ1) is 15.0. The molecule has 108 valence electrons. The number of aliphatic hydroxyl groups is 1. The number of aliphatic hydroxyl groups excluding tert-OH is 1. The normalized spacial score (nSPS) is 9.90. The second-order valence-corrected chi connectivity index (χ2v) is 4.62. The van der Waals surface area contributed by atoms with Gasteiger partial charge in [-0.1, -0.05) is 36.3 Å². The van der Waals surface area contributed by atoms with Crippen molar-refractivity contribution in [3.05, 3.63) is 59.7 Å². The van der Waals surface area contributed by atoms with Crippen molar-refractivity contribution in [1.29, 1.82) is 0 Å². The first-order chi connectivity index (χ1) is 10.3. The predicted octanol–water partition coefficient (Wildman–Crippen LogP) is 2.85. The summed E-state index contributed by atoms with van der Waals surface area (Å²) in [6.45, 7) is 1.11. The second kappa shape index (κ2) is 7.98. The molecule has 0 aromatic heterocycles. The SMILES string of the molecule is C#CCOc1ccccc1CNc1ccc(CCO)cc1. The van der Waals surface area contributed by atoms with Crippen LogP contribution in [0, 0.1) is 12.3 Å². The molecule has 0 unspecified atom stereocenters. The van der Waals surface area contributed by atoms with Crippen molar-refractivity contribution in [3.63, 3.8) is 0 Å². The first-order valence-corrected chi connectivity index (χ1v) is 6.91. The third-order valence-corrected chi connectivity index (χ3v) is 3.12. The number of benzene rings is 2. The average molecular weight is 281 g/mol. The molecule has 0 atom stereocenters. The standard InChI is InChI=1S/C18H19NO2/c1-2-13-21-18-6-4-3-5-16(18)14-19-17-9-7-15(8-10-17)11-12-20/h1,3-10,19-20H,11-14H2. The molecule has 2 N–H and O–H groups in total. The van der Waals surface area contributed by atoms with Gasteiger partial charge in [-0.25, -0.2) is 0 Å². The van der Waals surface area contributed by atoms with Gasteiger partial charge in [0.2, 0.25) is 0 Å². The predicted molar refractivity (Wildman–Crippen MR) is 85.3 cm³/mol. The van der Waals surface area contributed by atoms with Crippen LogP contribution >= 0.6 is 0 Å². The van der Waals surface area contributed by atoms with E-state index in [-0.39, 0.29) is 13.2 Å².